The third kappa shape index (κ3) is 1.92. The normalized spacial score (nSPS) is 13.4. The van der Waals surface area contributed by atoms with E-state index in [1.54, 1.807) is 0 Å². The number of hydrogen-bond donors (Lipinski definition) is 0. The van der Waals surface area contributed by atoms with Crippen molar-refractivity contribution >= 4 is 5.57 Å². The molecule has 0 amide bonds. The summed E-state index contributed by atoms with van der Waals surface area (Å²) in [6.45, 7) is 8.82. The molecule has 2 aromatic rings. The largest absolute Gasteiger partial charge is 0.0716 e. The predicted molar refractivity (Wildman–Crippen MR) is 82.6 cm³/mol. The van der Waals surface area contributed by atoms with Gasteiger partial charge in [-0.05, 0) is 73.1 Å². The molecule has 0 heteroatoms. The van der Waals surface area contributed by atoms with Crippen molar-refractivity contribution in [1.29, 1.82) is 0 Å². The van der Waals surface area contributed by atoms with Gasteiger partial charge in [-0.15, -0.1) is 0 Å². The maximum atomic E-state index is 2.40. The van der Waals surface area contributed by atoms with Crippen molar-refractivity contribution < 1.29 is 0 Å². The van der Waals surface area contributed by atoms with Crippen LogP contribution in [0.4, 0.5) is 0 Å². The van der Waals surface area contributed by atoms with Gasteiger partial charge in [-0.1, -0.05) is 42.0 Å². The minimum absolute atomic E-state index is 1.07. The minimum Gasteiger partial charge on any atom is -0.0716 e. The van der Waals surface area contributed by atoms with Gasteiger partial charge in [0.25, 0.3) is 0 Å². The number of fused-ring (bicyclic) bond motifs is 1. The van der Waals surface area contributed by atoms with E-state index in [2.05, 4.69) is 64.1 Å². The van der Waals surface area contributed by atoms with Gasteiger partial charge in [-0.25, -0.2) is 0 Å². The summed E-state index contributed by atoms with van der Waals surface area (Å²) >= 11 is 0. The van der Waals surface area contributed by atoms with Gasteiger partial charge in [0.1, 0.15) is 0 Å². The molecular formula is C19H20. The molecule has 0 saturated carbocycles. The molecule has 19 heavy (non-hydrogen) atoms. The summed E-state index contributed by atoms with van der Waals surface area (Å²) in [4.78, 5) is 0. The monoisotopic (exact) mass is 248 g/mol. The highest BCUT2D eigenvalue weighted by atomic mass is 14.2. The summed E-state index contributed by atoms with van der Waals surface area (Å²) in [6, 6.07) is 11.2. The maximum absolute atomic E-state index is 2.40. The van der Waals surface area contributed by atoms with Crippen LogP contribution < -0.4 is 0 Å². The van der Waals surface area contributed by atoms with E-state index in [0.29, 0.717) is 0 Å². The first-order chi connectivity index (χ1) is 9.08. The molecule has 0 heterocycles. The van der Waals surface area contributed by atoms with Crippen LogP contribution in [0.1, 0.15) is 38.9 Å². The number of rotatable bonds is 1. The van der Waals surface area contributed by atoms with Crippen LogP contribution in [-0.2, 0) is 6.42 Å². The first-order valence-electron chi connectivity index (χ1n) is 6.95. The molecule has 0 radical (unpaired) electrons. The van der Waals surface area contributed by atoms with Crippen LogP contribution in [0.5, 0.6) is 0 Å². The molecule has 2 aromatic carbocycles. The van der Waals surface area contributed by atoms with E-state index in [9.17, 15) is 0 Å². The lowest BCUT2D eigenvalue weighted by molar-refractivity contribution is 1.22. The van der Waals surface area contributed by atoms with Gasteiger partial charge in [0.2, 0.25) is 0 Å². The second-order valence-corrected chi connectivity index (χ2v) is 5.69. The fraction of sp³-hybridized carbons (Fsp3) is 0.263. The summed E-state index contributed by atoms with van der Waals surface area (Å²) in [7, 11) is 0. The Hall–Kier alpha value is -1.82. The van der Waals surface area contributed by atoms with Crippen LogP contribution in [0.25, 0.3) is 5.57 Å². The summed E-state index contributed by atoms with van der Waals surface area (Å²) in [5, 5.41) is 0. The second kappa shape index (κ2) is 4.38. The Labute approximate surface area is 115 Å². The van der Waals surface area contributed by atoms with Crippen molar-refractivity contribution in [3.63, 3.8) is 0 Å². The zero-order valence-corrected chi connectivity index (χ0v) is 12.2. The van der Waals surface area contributed by atoms with E-state index in [0.717, 1.165) is 6.42 Å². The van der Waals surface area contributed by atoms with E-state index in [1.165, 1.54) is 44.5 Å². The molecule has 0 spiro atoms. The second-order valence-electron chi connectivity index (χ2n) is 5.69. The van der Waals surface area contributed by atoms with Gasteiger partial charge in [-0.2, -0.15) is 0 Å². The molecule has 0 saturated heterocycles. The van der Waals surface area contributed by atoms with Gasteiger partial charge in [0.05, 0.1) is 0 Å². The number of hydrogen-bond acceptors (Lipinski definition) is 0. The number of benzene rings is 2. The Kier molecular flexibility index (Phi) is 2.82. The van der Waals surface area contributed by atoms with Crippen LogP contribution in [0, 0.1) is 27.7 Å². The van der Waals surface area contributed by atoms with Crippen LogP contribution in [0.3, 0.4) is 0 Å². The van der Waals surface area contributed by atoms with Crippen LogP contribution in [0.2, 0.25) is 0 Å². The SMILES string of the molecule is Cc1ccc(C)c(C2=CCc3c(C)ccc(C)c32)c1. The van der Waals surface area contributed by atoms with E-state index in [4.69, 9.17) is 0 Å². The summed E-state index contributed by atoms with van der Waals surface area (Å²) < 4.78 is 0. The lowest BCUT2D eigenvalue weighted by Gasteiger charge is -2.14. The van der Waals surface area contributed by atoms with Gasteiger partial charge in [0, 0.05) is 0 Å². The molecule has 1 aliphatic carbocycles. The zero-order chi connectivity index (χ0) is 13.6. The number of allylic oxidation sites excluding steroid dienone is 1. The van der Waals surface area contributed by atoms with Gasteiger partial charge >= 0.3 is 0 Å². The third-order valence-corrected chi connectivity index (χ3v) is 4.22. The summed E-state index contributed by atoms with van der Waals surface area (Å²) in [6.07, 6.45) is 3.47. The Bertz CT molecular complexity index is 687. The quantitative estimate of drug-likeness (QED) is 0.672. The first kappa shape index (κ1) is 12.2. The van der Waals surface area contributed by atoms with Crippen molar-refractivity contribution in [2.24, 2.45) is 0 Å². The van der Waals surface area contributed by atoms with Gasteiger partial charge in [0.15, 0.2) is 0 Å². The summed E-state index contributed by atoms with van der Waals surface area (Å²) in [5.74, 6) is 0. The zero-order valence-electron chi connectivity index (χ0n) is 12.2. The lowest BCUT2D eigenvalue weighted by atomic mass is 9.90. The molecule has 0 bridgehead atoms. The molecule has 0 atom stereocenters. The van der Waals surface area contributed by atoms with Crippen molar-refractivity contribution in [2.45, 2.75) is 34.1 Å². The van der Waals surface area contributed by atoms with E-state index < -0.39 is 0 Å². The van der Waals surface area contributed by atoms with Gasteiger partial charge < -0.3 is 0 Å². The molecule has 0 unspecified atom stereocenters. The van der Waals surface area contributed by atoms with Crippen molar-refractivity contribution in [1.82, 2.24) is 0 Å². The Morgan fingerprint density at radius 1 is 0.789 bits per heavy atom. The summed E-state index contributed by atoms with van der Waals surface area (Å²) in [5.41, 5.74) is 11.3. The average molecular weight is 248 g/mol. The number of aryl methyl sites for hydroxylation is 4. The molecule has 0 N–H and O–H groups in total. The molecule has 1 aliphatic rings. The smallest absolute Gasteiger partial charge is 0.00791 e. The van der Waals surface area contributed by atoms with Gasteiger partial charge in [-0.3, -0.25) is 0 Å². The molecule has 0 aromatic heterocycles. The molecule has 0 nitrogen and oxygen atoms in total. The Morgan fingerprint density at radius 2 is 1.47 bits per heavy atom. The molecule has 96 valence electrons. The van der Waals surface area contributed by atoms with Crippen LogP contribution in [0.15, 0.2) is 36.4 Å². The third-order valence-electron chi connectivity index (χ3n) is 4.22. The fourth-order valence-corrected chi connectivity index (χ4v) is 3.08. The molecular weight excluding hydrogens is 228 g/mol. The Morgan fingerprint density at radius 3 is 2.26 bits per heavy atom. The van der Waals surface area contributed by atoms with Crippen molar-refractivity contribution in [2.75, 3.05) is 0 Å². The molecule has 0 aliphatic heterocycles. The van der Waals surface area contributed by atoms with E-state index in [1.807, 2.05) is 0 Å². The highest BCUT2D eigenvalue weighted by molar-refractivity contribution is 5.88. The molecule has 0 fully saturated rings. The maximum Gasteiger partial charge on any atom is -0.00791 e. The van der Waals surface area contributed by atoms with Crippen molar-refractivity contribution in [3.8, 4) is 0 Å². The van der Waals surface area contributed by atoms with Crippen LogP contribution in [-0.4, -0.2) is 0 Å². The highest BCUT2D eigenvalue weighted by Gasteiger charge is 2.20. The topological polar surface area (TPSA) is 0 Å². The highest BCUT2D eigenvalue weighted by Crippen LogP contribution is 2.38. The standard InChI is InChI=1S/C19H20/c1-12-5-6-14(3)18(11-12)17-10-9-16-13(2)7-8-15(4)19(16)17/h5-8,10-11H,9H2,1-4H3. The fourth-order valence-electron chi connectivity index (χ4n) is 3.08. The van der Waals surface area contributed by atoms with E-state index >= 15 is 0 Å². The van der Waals surface area contributed by atoms with E-state index in [-0.39, 0.29) is 0 Å². The lowest BCUT2D eigenvalue weighted by Crippen LogP contribution is -1.96. The first-order valence-corrected chi connectivity index (χ1v) is 6.95. The molecule has 3 rings (SSSR count). The van der Waals surface area contributed by atoms with Crippen molar-refractivity contribution in [3.05, 3.63) is 75.4 Å². The van der Waals surface area contributed by atoms with Crippen LogP contribution >= 0.6 is 0 Å². The minimum atomic E-state index is 1.07. The predicted octanol–water partition coefficient (Wildman–Crippen LogP) is 4.91. The average Bonchev–Trinajstić information content (AvgIpc) is 2.83. The Balaban J connectivity index is 2.22.